The molecule has 38 heavy (non-hydrogen) atoms. The molecule has 0 aliphatic rings. The van der Waals surface area contributed by atoms with Crippen LogP contribution in [0, 0.1) is 3.57 Å². The first-order valence-corrected chi connectivity index (χ1v) is 15.2. The second-order valence-electron chi connectivity index (χ2n) is 8.63. The molecule has 2 amide bonds. The lowest BCUT2D eigenvalue weighted by Crippen LogP contribution is -2.52. The summed E-state index contributed by atoms with van der Waals surface area (Å²) in [6.45, 7) is 3.81. The molecule has 1 N–H and O–H groups in total. The SMILES string of the molecule is CCCNC(=O)[C@@H](CC)N(Cc1ccccc1Cl)C(=O)CN(c1ccc(I)cc1)S(=O)(=O)c1ccccc1. The highest BCUT2D eigenvalue weighted by molar-refractivity contribution is 14.1. The third kappa shape index (κ3) is 7.48. The van der Waals surface area contributed by atoms with E-state index in [1.807, 2.05) is 13.8 Å². The Labute approximate surface area is 243 Å². The highest BCUT2D eigenvalue weighted by atomic mass is 127. The summed E-state index contributed by atoms with van der Waals surface area (Å²) in [6, 6.07) is 21.2. The average molecular weight is 668 g/mol. The molecule has 202 valence electrons. The van der Waals surface area contributed by atoms with Gasteiger partial charge in [0.1, 0.15) is 12.6 Å². The molecule has 10 heteroatoms. The second-order valence-corrected chi connectivity index (χ2v) is 12.1. The normalized spacial score (nSPS) is 12.0. The van der Waals surface area contributed by atoms with Gasteiger partial charge >= 0.3 is 0 Å². The lowest BCUT2D eigenvalue weighted by Gasteiger charge is -2.33. The second kappa shape index (κ2) is 14.0. The largest absolute Gasteiger partial charge is 0.354 e. The van der Waals surface area contributed by atoms with Gasteiger partial charge in [0.2, 0.25) is 11.8 Å². The van der Waals surface area contributed by atoms with Crippen molar-refractivity contribution >= 4 is 61.7 Å². The number of halogens is 2. The van der Waals surface area contributed by atoms with E-state index in [9.17, 15) is 18.0 Å². The molecular weight excluding hydrogens is 637 g/mol. The minimum absolute atomic E-state index is 0.0580. The molecule has 0 saturated carbocycles. The topological polar surface area (TPSA) is 86.8 Å². The zero-order valence-corrected chi connectivity index (χ0v) is 25.0. The lowest BCUT2D eigenvalue weighted by atomic mass is 10.1. The number of benzene rings is 3. The first-order valence-electron chi connectivity index (χ1n) is 12.3. The molecule has 0 aromatic heterocycles. The van der Waals surface area contributed by atoms with Gasteiger partial charge in [-0.25, -0.2) is 8.42 Å². The summed E-state index contributed by atoms with van der Waals surface area (Å²) in [7, 11) is -4.09. The van der Waals surface area contributed by atoms with Crippen LogP contribution in [-0.4, -0.2) is 44.3 Å². The number of hydrogen-bond acceptors (Lipinski definition) is 4. The molecule has 0 aliphatic heterocycles. The van der Waals surface area contributed by atoms with Crippen LogP contribution in [0.5, 0.6) is 0 Å². The number of sulfonamides is 1. The number of amides is 2. The summed E-state index contributed by atoms with van der Waals surface area (Å²) < 4.78 is 29.5. The van der Waals surface area contributed by atoms with Gasteiger partial charge in [-0.1, -0.05) is 61.8 Å². The average Bonchev–Trinajstić information content (AvgIpc) is 2.92. The number of nitrogens with one attached hydrogen (secondary N) is 1. The zero-order valence-electron chi connectivity index (χ0n) is 21.3. The Morgan fingerprint density at radius 2 is 1.58 bits per heavy atom. The molecule has 1 atom stereocenters. The Hall–Kier alpha value is -2.63. The zero-order chi connectivity index (χ0) is 27.7. The Balaban J connectivity index is 2.04. The minimum atomic E-state index is -4.09. The number of nitrogens with zero attached hydrogens (tertiary/aromatic N) is 2. The van der Waals surface area contributed by atoms with Crippen molar-refractivity contribution in [3.8, 4) is 0 Å². The van der Waals surface area contributed by atoms with Crippen LogP contribution >= 0.6 is 34.2 Å². The maximum Gasteiger partial charge on any atom is 0.264 e. The summed E-state index contributed by atoms with van der Waals surface area (Å²) in [5.41, 5.74) is 1.01. The van der Waals surface area contributed by atoms with Gasteiger partial charge in [-0.3, -0.25) is 13.9 Å². The monoisotopic (exact) mass is 667 g/mol. The van der Waals surface area contributed by atoms with Gasteiger partial charge in [0.15, 0.2) is 0 Å². The van der Waals surface area contributed by atoms with Crippen molar-refractivity contribution in [2.45, 2.75) is 44.2 Å². The van der Waals surface area contributed by atoms with Crippen LogP contribution < -0.4 is 9.62 Å². The van der Waals surface area contributed by atoms with Crippen molar-refractivity contribution in [3.05, 3.63) is 93.0 Å². The molecule has 0 radical (unpaired) electrons. The van der Waals surface area contributed by atoms with E-state index in [1.54, 1.807) is 66.7 Å². The minimum Gasteiger partial charge on any atom is -0.354 e. The van der Waals surface area contributed by atoms with E-state index in [0.29, 0.717) is 29.2 Å². The van der Waals surface area contributed by atoms with Crippen LogP contribution in [-0.2, 0) is 26.2 Å². The summed E-state index contributed by atoms with van der Waals surface area (Å²) in [5.74, 6) is -0.803. The van der Waals surface area contributed by atoms with E-state index in [2.05, 4.69) is 27.9 Å². The third-order valence-corrected chi connectivity index (χ3v) is 8.83. The third-order valence-electron chi connectivity index (χ3n) is 5.96. The van der Waals surface area contributed by atoms with Gasteiger partial charge in [0.05, 0.1) is 10.6 Å². The van der Waals surface area contributed by atoms with Crippen LogP contribution in [0.1, 0.15) is 32.3 Å². The number of rotatable bonds is 12. The summed E-state index contributed by atoms with van der Waals surface area (Å²) >= 11 is 8.54. The summed E-state index contributed by atoms with van der Waals surface area (Å²) in [6.07, 6.45) is 1.09. The highest BCUT2D eigenvalue weighted by Crippen LogP contribution is 2.26. The fourth-order valence-corrected chi connectivity index (χ4v) is 5.94. The maximum absolute atomic E-state index is 14.0. The first-order chi connectivity index (χ1) is 18.2. The predicted octanol–water partition coefficient (Wildman–Crippen LogP) is 5.47. The van der Waals surface area contributed by atoms with Gasteiger partial charge in [-0.2, -0.15) is 0 Å². The molecule has 3 aromatic carbocycles. The van der Waals surface area contributed by atoms with Crippen LogP contribution in [0.3, 0.4) is 0 Å². The van der Waals surface area contributed by atoms with E-state index < -0.39 is 28.5 Å². The number of carbonyl (C=O) groups excluding carboxylic acids is 2. The van der Waals surface area contributed by atoms with E-state index in [1.165, 1.54) is 17.0 Å². The first kappa shape index (κ1) is 29.9. The fourth-order valence-electron chi connectivity index (χ4n) is 3.95. The van der Waals surface area contributed by atoms with Crippen molar-refractivity contribution < 1.29 is 18.0 Å². The van der Waals surface area contributed by atoms with E-state index in [4.69, 9.17) is 11.6 Å². The van der Waals surface area contributed by atoms with Crippen molar-refractivity contribution in [1.29, 1.82) is 0 Å². The summed E-state index contributed by atoms with van der Waals surface area (Å²) in [4.78, 5) is 28.5. The molecule has 0 bridgehead atoms. The highest BCUT2D eigenvalue weighted by Gasteiger charge is 2.33. The van der Waals surface area contributed by atoms with Crippen LogP contribution in [0.25, 0.3) is 0 Å². The molecular formula is C28H31ClIN3O4S. The molecule has 3 rings (SSSR count). The molecule has 0 saturated heterocycles. The standard InChI is InChI=1S/C28H31ClIN3O4S/c1-3-18-31-28(35)26(4-2)32(19-21-10-8-9-13-25(21)29)27(34)20-33(23-16-14-22(30)15-17-23)38(36,37)24-11-6-5-7-12-24/h5-17,26H,3-4,18-20H2,1-2H3,(H,31,35)/t26-/m1/s1. The quantitative estimate of drug-likeness (QED) is 0.260. The Morgan fingerprint density at radius 3 is 2.18 bits per heavy atom. The number of carbonyl (C=O) groups is 2. The Kier molecular flexibility index (Phi) is 11.0. The van der Waals surface area contributed by atoms with E-state index in [0.717, 1.165) is 14.3 Å². The van der Waals surface area contributed by atoms with Crippen LogP contribution in [0.4, 0.5) is 5.69 Å². The van der Waals surface area contributed by atoms with E-state index in [-0.39, 0.29) is 17.3 Å². The van der Waals surface area contributed by atoms with Crippen LogP contribution in [0.2, 0.25) is 5.02 Å². The van der Waals surface area contributed by atoms with Gasteiger partial charge < -0.3 is 10.2 Å². The van der Waals surface area contributed by atoms with Crippen molar-refractivity contribution in [2.75, 3.05) is 17.4 Å². The van der Waals surface area contributed by atoms with Gasteiger partial charge in [0, 0.05) is 21.7 Å². The van der Waals surface area contributed by atoms with Gasteiger partial charge in [-0.05, 0) is 83.5 Å². The molecule has 0 fully saturated rings. The van der Waals surface area contributed by atoms with Crippen molar-refractivity contribution in [1.82, 2.24) is 10.2 Å². The maximum atomic E-state index is 14.0. The smallest absolute Gasteiger partial charge is 0.264 e. The number of hydrogen-bond donors (Lipinski definition) is 1. The molecule has 3 aromatic rings. The van der Waals surface area contributed by atoms with Gasteiger partial charge in [0.25, 0.3) is 10.0 Å². The van der Waals surface area contributed by atoms with Crippen molar-refractivity contribution in [2.24, 2.45) is 0 Å². The Bertz CT molecular complexity index is 1340. The lowest BCUT2D eigenvalue weighted by molar-refractivity contribution is -0.140. The molecule has 0 unspecified atom stereocenters. The molecule has 7 nitrogen and oxygen atoms in total. The molecule has 0 aliphatic carbocycles. The summed E-state index contributed by atoms with van der Waals surface area (Å²) in [5, 5.41) is 3.33. The van der Waals surface area contributed by atoms with Gasteiger partial charge in [-0.15, -0.1) is 0 Å². The predicted molar refractivity (Wildman–Crippen MR) is 160 cm³/mol. The molecule has 0 heterocycles. The Morgan fingerprint density at radius 1 is 0.947 bits per heavy atom. The number of anilines is 1. The fraction of sp³-hybridized carbons (Fsp3) is 0.286. The van der Waals surface area contributed by atoms with Crippen LogP contribution in [0.15, 0.2) is 83.8 Å². The molecule has 0 spiro atoms. The van der Waals surface area contributed by atoms with E-state index >= 15 is 0 Å². The van der Waals surface area contributed by atoms with Crippen molar-refractivity contribution in [3.63, 3.8) is 0 Å².